The van der Waals surface area contributed by atoms with E-state index in [1.165, 1.54) is 0 Å². The minimum absolute atomic E-state index is 0.00821. The molecule has 1 amide bonds. The molecule has 0 radical (unpaired) electrons. The Hall–Kier alpha value is -1.30. The van der Waals surface area contributed by atoms with Gasteiger partial charge in [-0.25, -0.2) is 0 Å². The summed E-state index contributed by atoms with van der Waals surface area (Å²) in [4.78, 5) is 12.3. The maximum atomic E-state index is 12.3. The molecule has 1 heterocycles. The van der Waals surface area contributed by atoms with Gasteiger partial charge < -0.3 is 21.0 Å². The van der Waals surface area contributed by atoms with Crippen LogP contribution in [0.1, 0.15) is 64.2 Å². The molecular formula is C15H27N3O3. The summed E-state index contributed by atoms with van der Waals surface area (Å²) >= 11 is 0. The Labute approximate surface area is 126 Å². The smallest absolute Gasteiger partial charge is 0.223 e. The van der Waals surface area contributed by atoms with Gasteiger partial charge in [-0.1, -0.05) is 30.8 Å². The molecule has 1 unspecified atom stereocenters. The molecule has 0 aromatic heterocycles. The lowest BCUT2D eigenvalue weighted by molar-refractivity contribution is -0.126. The predicted molar refractivity (Wildman–Crippen MR) is 80.2 cm³/mol. The Morgan fingerprint density at radius 3 is 2.52 bits per heavy atom. The summed E-state index contributed by atoms with van der Waals surface area (Å²) in [7, 11) is 0. The lowest BCUT2D eigenvalue weighted by atomic mass is 9.88. The number of nitrogens with one attached hydrogen (secondary N) is 1. The Morgan fingerprint density at radius 2 is 1.95 bits per heavy atom. The fraction of sp³-hybridized carbons (Fsp3) is 0.867. The van der Waals surface area contributed by atoms with Gasteiger partial charge in [-0.2, -0.15) is 0 Å². The first-order chi connectivity index (χ1) is 10.2. The van der Waals surface area contributed by atoms with Crippen LogP contribution in [0.3, 0.4) is 0 Å². The van der Waals surface area contributed by atoms with Crippen LogP contribution in [0, 0.1) is 0 Å². The molecule has 6 heteroatoms. The van der Waals surface area contributed by atoms with Gasteiger partial charge in [0.15, 0.2) is 5.84 Å². The number of nitrogens with two attached hydrogens (primary N) is 1. The lowest BCUT2D eigenvalue weighted by Crippen LogP contribution is -2.57. The molecule has 2 rings (SSSR count). The van der Waals surface area contributed by atoms with Crippen LogP contribution in [-0.4, -0.2) is 35.2 Å². The summed E-state index contributed by atoms with van der Waals surface area (Å²) in [6.45, 7) is 0.739. The van der Waals surface area contributed by atoms with E-state index in [0.29, 0.717) is 6.42 Å². The van der Waals surface area contributed by atoms with Crippen molar-refractivity contribution >= 4 is 11.7 Å². The molecule has 0 spiro atoms. The van der Waals surface area contributed by atoms with Gasteiger partial charge in [0.25, 0.3) is 0 Å². The van der Waals surface area contributed by atoms with Crippen LogP contribution in [0.25, 0.3) is 0 Å². The third kappa shape index (κ3) is 4.33. The van der Waals surface area contributed by atoms with Gasteiger partial charge in [0.05, 0.1) is 12.5 Å². The van der Waals surface area contributed by atoms with Gasteiger partial charge >= 0.3 is 0 Å². The number of carbonyl (C=O) groups is 1. The number of hydrogen-bond donors (Lipinski definition) is 3. The van der Waals surface area contributed by atoms with Crippen molar-refractivity contribution < 1.29 is 14.7 Å². The predicted octanol–water partition coefficient (Wildman–Crippen LogP) is 1.90. The quantitative estimate of drug-likeness (QED) is 0.243. The number of amidine groups is 1. The zero-order chi connectivity index (χ0) is 15.1. The summed E-state index contributed by atoms with van der Waals surface area (Å²) < 4.78 is 5.61. The van der Waals surface area contributed by atoms with Crippen molar-refractivity contribution in [3.05, 3.63) is 0 Å². The molecule has 2 fully saturated rings. The largest absolute Gasteiger partial charge is 0.409 e. The van der Waals surface area contributed by atoms with E-state index in [9.17, 15) is 4.79 Å². The fourth-order valence-corrected chi connectivity index (χ4v) is 3.37. The summed E-state index contributed by atoms with van der Waals surface area (Å²) in [5, 5.41) is 15.3. The van der Waals surface area contributed by atoms with E-state index in [1.54, 1.807) is 0 Å². The molecule has 0 aromatic rings. The topological polar surface area (TPSA) is 96.9 Å². The van der Waals surface area contributed by atoms with E-state index in [1.807, 2.05) is 0 Å². The van der Waals surface area contributed by atoms with Crippen LogP contribution in [-0.2, 0) is 9.53 Å². The number of ether oxygens (including phenoxy) is 1. The van der Waals surface area contributed by atoms with E-state index in [0.717, 1.165) is 64.4 Å². The van der Waals surface area contributed by atoms with Crippen molar-refractivity contribution in [3.63, 3.8) is 0 Å². The van der Waals surface area contributed by atoms with E-state index >= 15 is 0 Å². The molecule has 4 N–H and O–H groups in total. The van der Waals surface area contributed by atoms with Crippen LogP contribution >= 0.6 is 0 Å². The first-order valence-corrected chi connectivity index (χ1v) is 8.07. The maximum Gasteiger partial charge on any atom is 0.223 e. The molecular weight excluding hydrogens is 270 g/mol. The van der Waals surface area contributed by atoms with Crippen molar-refractivity contribution in [2.24, 2.45) is 10.9 Å². The Balaban J connectivity index is 1.98. The average molecular weight is 297 g/mol. The van der Waals surface area contributed by atoms with Gasteiger partial charge in [-0.05, 0) is 32.1 Å². The van der Waals surface area contributed by atoms with Crippen molar-refractivity contribution in [3.8, 4) is 0 Å². The number of carbonyl (C=O) groups excluding carboxylic acids is 1. The number of oxime groups is 1. The number of hydrogen-bond acceptors (Lipinski definition) is 4. The number of nitrogens with zero attached hydrogens (tertiary/aromatic N) is 1. The van der Waals surface area contributed by atoms with Crippen LogP contribution in [0.5, 0.6) is 0 Å². The van der Waals surface area contributed by atoms with E-state index in [4.69, 9.17) is 15.7 Å². The second-order valence-electron chi connectivity index (χ2n) is 6.22. The molecule has 1 atom stereocenters. The van der Waals surface area contributed by atoms with Crippen LogP contribution in [0.2, 0.25) is 0 Å². The SMILES string of the molecule is NC(=NO)C1(NC(=O)CC2CCCCO2)CCCCCC1. The highest BCUT2D eigenvalue weighted by Gasteiger charge is 2.37. The van der Waals surface area contributed by atoms with Crippen molar-refractivity contribution in [2.45, 2.75) is 75.9 Å². The molecule has 1 aliphatic carbocycles. The van der Waals surface area contributed by atoms with Gasteiger partial charge in [-0.3, -0.25) is 4.79 Å². The van der Waals surface area contributed by atoms with Crippen LogP contribution < -0.4 is 11.1 Å². The van der Waals surface area contributed by atoms with Gasteiger partial charge in [0.1, 0.15) is 5.54 Å². The molecule has 6 nitrogen and oxygen atoms in total. The van der Waals surface area contributed by atoms with Gasteiger partial charge in [-0.15, -0.1) is 0 Å². The lowest BCUT2D eigenvalue weighted by Gasteiger charge is -2.33. The first-order valence-electron chi connectivity index (χ1n) is 8.07. The Morgan fingerprint density at radius 1 is 1.24 bits per heavy atom. The van der Waals surface area contributed by atoms with Gasteiger partial charge in [0, 0.05) is 6.61 Å². The molecule has 2 aliphatic rings. The summed E-state index contributed by atoms with van der Waals surface area (Å²) in [6.07, 6.45) is 9.19. The van der Waals surface area contributed by atoms with E-state index in [2.05, 4.69) is 10.5 Å². The summed E-state index contributed by atoms with van der Waals surface area (Å²) in [5.41, 5.74) is 5.20. The summed E-state index contributed by atoms with van der Waals surface area (Å²) in [6, 6.07) is 0. The monoisotopic (exact) mass is 297 g/mol. The zero-order valence-electron chi connectivity index (χ0n) is 12.6. The van der Waals surface area contributed by atoms with Crippen LogP contribution in [0.4, 0.5) is 0 Å². The Bertz CT molecular complexity index is 370. The molecule has 0 aromatic carbocycles. The highest BCUT2D eigenvalue weighted by atomic mass is 16.5. The highest BCUT2D eigenvalue weighted by molar-refractivity contribution is 5.94. The first kappa shape index (κ1) is 16.1. The molecule has 21 heavy (non-hydrogen) atoms. The third-order valence-electron chi connectivity index (χ3n) is 4.62. The van der Waals surface area contributed by atoms with Crippen molar-refractivity contribution in [1.29, 1.82) is 0 Å². The van der Waals surface area contributed by atoms with E-state index in [-0.39, 0.29) is 17.8 Å². The summed E-state index contributed by atoms with van der Waals surface area (Å²) in [5.74, 6) is 0.0673. The normalized spacial score (nSPS) is 26.9. The Kier molecular flexibility index (Phi) is 5.85. The minimum Gasteiger partial charge on any atom is -0.409 e. The van der Waals surface area contributed by atoms with Crippen molar-refractivity contribution in [1.82, 2.24) is 5.32 Å². The molecule has 120 valence electrons. The minimum atomic E-state index is -0.684. The average Bonchev–Trinajstić information content (AvgIpc) is 2.73. The fourth-order valence-electron chi connectivity index (χ4n) is 3.37. The molecule has 0 bridgehead atoms. The molecule has 1 aliphatic heterocycles. The van der Waals surface area contributed by atoms with Crippen molar-refractivity contribution in [2.75, 3.05) is 6.61 Å². The maximum absolute atomic E-state index is 12.3. The standard InChI is InChI=1S/C15H27N3O3/c16-14(18-20)15(8-4-1-2-5-9-15)17-13(19)11-12-7-3-6-10-21-12/h12,20H,1-11H2,(H2,16,18)(H,17,19). The second kappa shape index (κ2) is 7.64. The number of rotatable bonds is 4. The third-order valence-corrected chi connectivity index (χ3v) is 4.62. The van der Waals surface area contributed by atoms with Gasteiger partial charge in [0.2, 0.25) is 5.91 Å². The molecule has 1 saturated carbocycles. The molecule has 1 saturated heterocycles. The second-order valence-corrected chi connectivity index (χ2v) is 6.22. The zero-order valence-corrected chi connectivity index (χ0v) is 12.6. The number of amides is 1. The van der Waals surface area contributed by atoms with E-state index < -0.39 is 5.54 Å². The highest BCUT2D eigenvalue weighted by Crippen LogP contribution is 2.28. The van der Waals surface area contributed by atoms with Crippen LogP contribution in [0.15, 0.2) is 5.16 Å².